The van der Waals surface area contributed by atoms with Crippen LogP contribution in [0.25, 0.3) is 10.4 Å². The van der Waals surface area contributed by atoms with Crippen LogP contribution in [0.1, 0.15) is 38.1 Å². The Morgan fingerprint density at radius 2 is 1.90 bits per heavy atom. The molecule has 0 radical (unpaired) electrons. The summed E-state index contributed by atoms with van der Waals surface area (Å²) in [5, 5.41) is 3.66. The van der Waals surface area contributed by atoms with E-state index in [-0.39, 0.29) is 0 Å². The Morgan fingerprint density at radius 1 is 1.15 bits per heavy atom. The lowest BCUT2D eigenvalue weighted by atomic mass is 10.0. The molecule has 20 heavy (non-hydrogen) atoms. The zero-order valence-electron chi connectivity index (χ0n) is 12.3. The molecule has 1 nitrogen and oxygen atoms in total. The lowest BCUT2D eigenvalue weighted by Crippen LogP contribution is -2.25. The number of rotatable bonds is 6. The summed E-state index contributed by atoms with van der Waals surface area (Å²) in [7, 11) is 0. The number of nitrogens with one attached hydrogen (secondary N) is 1. The van der Waals surface area contributed by atoms with Crippen molar-refractivity contribution in [3.8, 4) is 10.4 Å². The molecule has 1 heterocycles. The van der Waals surface area contributed by atoms with Gasteiger partial charge in [-0.1, -0.05) is 54.9 Å². The Bertz CT molecular complexity index is 547. The standard InChI is InChI=1S/C17H22BrNS/c1-4-11-19-17(12(2)3)16-10-9-15(20-16)13-7-5-6-8-14(13)18/h5-10,12,17,19H,4,11H2,1-3H3. The normalized spacial score (nSPS) is 12.8. The second kappa shape index (κ2) is 7.39. The monoisotopic (exact) mass is 351 g/mol. The fourth-order valence-electron chi connectivity index (χ4n) is 2.29. The van der Waals surface area contributed by atoms with E-state index in [1.807, 2.05) is 11.3 Å². The van der Waals surface area contributed by atoms with Gasteiger partial charge in [-0.3, -0.25) is 0 Å². The molecular weight excluding hydrogens is 330 g/mol. The largest absolute Gasteiger partial charge is 0.309 e. The molecule has 0 saturated carbocycles. The second-order valence-corrected chi connectivity index (χ2v) is 7.33. The smallest absolute Gasteiger partial charge is 0.0438 e. The number of thiophene rings is 1. The topological polar surface area (TPSA) is 12.0 Å². The highest BCUT2D eigenvalue weighted by molar-refractivity contribution is 9.10. The van der Waals surface area contributed by atoms with Crippen LogP contribution in [0.15, 0.2) is 40.9 Å². The third-order valence-corrected chi connectivity index (χ3v) is 5.25. The first-order chi connectivity index (χ1) is 9.63. The maximum absolute atomic E-state index is 3.66. The van der Waals surface area contributed by atoms with Crippen molar-refractivity contribution >= 4 is 27.3 Å². The van der Waals surface area contributed by atoms with Crippen molar-refractivity contribution in [2.24, 2.45) is 5.92 Å². The van der Waals surface area contributed by atoms with Gasteiger partial charge in [-0.2, -0.15) is 0 Å². The van der Waals surface area contributed by atoms with Gasteiger partial charge in [0.05, 0.1) is 0 Å². The summed E-state index contributed by atoms with van der Waals surface area (Å²) in [6, 6.07) is 13.4. The molecule has 1 aromatic carbocycles. The van der Waals surface area contributed by atoms with E-state index in [1.165, 1.54) is 21.7 Å². The van der Waals surface area contributed by atoms with Crippen molar-refractivity contribution in [2.75, 3.05) is 6.54 Å². The van der Waals surface area contributed by atoms with Gasteiger partial charge in [-0.15, -0.1) is 11.3 Å². The van der Waals surface area contributed by atoms with Crippen molar-refractivity contribution in [1.29, 1.82) is 0 Å². The van der Waals surface area contributed by atoms with Crippen LogP contribution in [0.2, 0.25) is 0 Å². The van der Waals surface area contributed by atoms with Gasteiger partial charge in [0.25, 0.3) is 0 Å². The Morgan fingerprint density at radius 3 is 2.55 bits per heavy atom. The third kappa shape index (κ3) is 3.72. The zero-order chi connectivity index (χ0) is 14.5. The summed E-state index contributed by atoms with van der Waals surface area (Å²) in [5.74, 6) is 0.604. The van der Waals surface area contributed by atoms with Gasteiger partial charge in [0.1, 0.15) is 0 Å². The van der Waals surface area contributed by atoms with E-state index in [2.05, 4.69) is 78.4 Å². The van der Waals surface area contributed by atoms with Crippen LogP contribution in [-0.4, -0.2) is 6.54 Å². The summed E-state index contributed by atoms with van der Waals surface area (Å²) in [4.78, 5) is 2.76. The van der Waals surface area contributed by atoms with Crippen molar-refractivity contribution in [2.45, 2.75) is 33.2 Å². The van der Waals surface area contributed by atoms with E-state index in [0.29, 0.717) is 12.0 Å². The first-order valence-electron chi connectivity index (χ1n) is 7.21. The molecule has 2 rings (SSSR count). The third-order valence-electron chi connectivity index (χ3n) is 3.35. The lowest BCUT2D eigenvalue weighted by molar-refractivity contribution is 0.418. The van der Waals surface area contributed by atoms with Crippen LogP contribution < -0.4 is 5.32 Å². The van der Waals surface area contributed by atoms with Crippen molar-refractivity contribution in [3.05, 3.63) is 45.7 Å². The molecule has 0 bridgehead atoms. The van der Waals surface area contributed by atoms with Crippen molar-refractivity contribution < 1.29 is 0 Å². The highest BCUT2D eigenvalue weighted by atomic mass is 79.9. The van der Waals surface area contributed by atoms with Crippen LogP contribution >= 0.6 is 27.3 Å². The van der Waals surface area contributed by atoms with Gasteiger partial charge in [0.15, 0.2) is 0 Å². The molecule has 1 atom stereocenters. The number of benzene rings is 1. The fraction of sp³-hybridized carbons (Fsp3) is 0.412. The van der Waals surface area contributed by atoms with Gasteiger partial charge in [-0.25, -0.2) is 0 Å². The number of hydrogen-bond acceptors (Lipinski definition) is 2. The first-order valence-corrected chi connectivity index (χ1v) is 8.82. The highest BCUT2D eigenvalue weighted by Gasteiger charge is 2.17. The molecule has 0 aliphatic heterocycles. The predicted octanol–water partition coefficient (Wildman–Crippen LogP) is 5.87. The Kier molecular flexibility index (Phi) is 5.82. The Hall–Kier alpha value is -0.640. The van der Waals surface area contributed by atoms with E-state index in [0.717, 1.165) is 11.0 Å². The molecule has 1 N–H and O–H groups in total. The molecule has 108 valence electrons. The fourth-order valence-corrected chi connectivity index (χ4v) is 4.22. The molecule has 1 unspecified atom stereocenters. The van der Waals surface area contributed by atoms with E-state index in [1.54, 1.807) is 0 Å². The van der Waals surface area contributed by atoms with E-state index in [9.17, 15) is 0 Å². The minimum absolute atomic E-state index is 0.455. The molecule has 0 saturated heterocycles. The van der Waals surface area contributed by atoms with Crippen molar-refractivity contribution in [3.63, 3.8) is 0 Å². The van der Waals surface area contributed by atoms with Crippen LogP contribution in [-0.2, 0) is 0 Å². The Balaban J connectivity index is 2.25. The van der Waals surface area contributed by atoms with E-state index >= 15 is 0 Å². The molecule has 3 heteroatoms. The quantitative estimate of drug-likeness (QED) is 0.685. The Labute approximate surface area is 134 Å². The van der Waals surface area contributed by atoms with Gasteiger partial charge in [0, 0.05) is 25.8 Å². The number of halogens is 1. The lowest BCUT2D eigenvalue weighted by Gasteiger charge is -2.21. The summed E-state index contributed by atoms with van der Waals surface area (Å²) in [6.07, 6.45) is 1.17. The number of hydrogen-bond donors (Lipinski definition) is 1. The SMILES string of the molecule is CCCNC(c1ccc(-c2ccccc2Br)s1)C(C)C. The maximum Gasteiger partial charge on any atom is 0.0438 e. The van der Waals surface area contributed by atoms with E-state index < -0.39 is 0 Å². The van der Waals surface area contributed by atoms with Crippen LogP contribution in [0.4, 0.5) is 0 Å². The van der Waals surface area contributed by atoms with Crippen LogP contribution in [0, 0.1) is 5.92 Å². The molecule has 0 fully saturated rings. The van der Waals surface area contributed by atoms with E-state index in [4.69, 9.17) is 0 Å². The van der Waals surface area contributed by atoms with Crippen molar-refractivity contribution in [1.82, 2.24) is 5.32 Å². The summed E-state index contributed by atoms with van der Waals surface area (Å²) < 4.78 is 1.16. The first kappa shape index (κ1) is 15.7. The highest BCUT2D eigenvalue weighted by Crippen LogP contribution is 2.37. The molecular formula is C17H22BrNS. The van der Waals surface area contributed by atoms with Crippen LogP contribution in [0.5, 0.6) is 0 Å². The predicted molar refractivity (Wildman–Crippen MR) is 93.3 cm³/mol. The zero-order valence-corrected chi connectivity index (χ0v) is 14.7. The molecule has 1 aromatic heterocycles. The average Bonchev–Trinajstić information content (AvgIpc) is 2.88. The molecule has 2 aromatic rings. The molecule has 0 aliphatic rings. The molecule has 0 amide bonds. The van der Waals surface area contributed by atoms with Crippen LogP contribution in [0.3, 0.4) is 0 Å². The summed E-state index contributed by atoms with van der Waals surface area (Å²) in [5.41, 5.74) is 1.28. The molecule has 0 spiro atoms. The minimum atomic E-state index is 0.455. The average molecular weight is 352 g/mol. The molecule has 0 aliphatic carbocycles. The maximum atomic E-state index is 3.66. The second-order valence-electron chi connectivity index (χ2n) is 5.36. The van der Waals surface area contributed by atoms with Gasteiger partial charge in [-0.05, 0) is 37.1 Å². The van der Waals surface area contributed by atoms with Gasteiger partial charge < -0.3 is 5.32 Å². The minimum Gasteiger partial charge on any atom is -0.309 e. The summed E-state index contributed by atoms with van der Waals surface area (Å²) in [6.45, 7) is 7.85. The summed E-state index contributed by atoms with van der Waals surface area (Å²) >= 11 is 5.54. The van der Waals surface area contributed by atoms with Gasteiger partial charge >= 0.3 is 0 Å². The van der Waals surface area contributed by atoms with Gasteiger partial charge in [0.2, 0.25) is 0 Å².